The first-order valence-corrected chi connectivity index (χ1v) is 11.5. The largest absolute Gasteiger partial charge is 0.494 e. The van der Waals surface area contributed by atoms with Crippen molar-refractivity contribution in [3.05, 3.63) is 65.9 Å². The third-order valence-corrected chi connectivity index (χ3v) is 5.63. The van der Waals surface area contributed by atoms with Gasteiger partial charge in [-0.25, -0.2) is 19.5 Å². The molecule has 1 amide bonds. The Morgan fingerprint density at radius 3 is 2.73 bits per heavy atom. The lowest BCUT2D eigenvalue weighted by Gasteiger charge is -2.26. The van der Waals surface area contributed by atoms with Gasteiger partial charge in [-0.1, -0.05) is 6.58 Å². The summed E-state index contributed by atoms with van der Waals surface area (Å²) in [4.78, 5) is 42.0. The smallest absolute Gasteiger partial charge is 0.276 e. The fourth-order valence-corrected chi connectivity index (χ4v) is 3.73. The summed E-state index contributed by atoms with van der Waals surface area (Å²) in [5.74, 6) is 0.412. The van der Waals surface area contributed by atoms with E-state index in [1.54, 1.807) is 43.9 Å². The van der Waals surface area contributed by atoms with Crippen molar-refractivity contribution < 1.29 is 9.53 Å². The maximum atomic E-state index is 12.6. The summed E-state index contributed by atoms with van der Waals surface area (Å²) in [6, 6.07) is 6.94. The summed E-state index contributed by atoms with van der Waals surface area (Å²) in [6.45, 7) is 5.09. The Morgan fingerprint density at radius 2 is 2.00 bits per heavy atom. The third-order valence-electron chi connectivity index (χ3n) is 5.63. The Labute approximate surface area is 213 Å². The Balaban J connectivity index is 1.72. The number of aromatic nitrogens is 5. The predicted molar refractivity (Wildman–Crippen MR) is 144 cm³/mol. The van der Waals surface area contributed by atoms with Crippen molar-refractivity contribution >= 4 is 34.6 Å². The molecule has 0 aliphatic carbocycles. The van der Waals surface area contributed by atoms with Gasteiger partial charge in [0.25, 0.3) is 5.56 Å². The molecule has 37 heavy (non-hydrogen) atoms. The molecule has 4 aromatic rings. The molecule has 192 valence electrons. The maximum absolute atomic E-state index is 12.6. The van der Waals surface area contributed by atoms with Gasteiger partial charge in [0.05, 0.1) is 29.9 Å². The van der Waals surface area contributed by atoms with E-state index in [-0.39, 0.29) is 17.4 Å². The number of rotatable bonds is 10. The number of anilines is 4. The lowest BCUT2D eigenvalue weighted by Crippen LogP contribution is -2.29. The fourth-order valence-electron chi connectivity index (χ4n) is 3.73. The number of amides is 1. The van der Waals surface area contributed by atoms with Crippen molar-refractivity contribution in [3.8, 4) is 17.0 Å². The number of hydrogen-bond acceptors (Lipinski definition) is 9. The molecule has 0 atom stereocenters. The van der Waals surface area contributed by atoms with Crippen molar-refractivity contribution in [3.63, 3.8) is 0 Å². The van der Waals surface area contributed by atoms with Gasteiger partial charge in [-0.3, -0.25) is 14.7 Å². The molecule has 1 aromatic carbocycles. The minimum atomic E-state index is -0.344. The van der Waals surface area contributed by atoms with E-state index >= 15 is 0 Å². The minimum Gasteiger partial charge on any atom is -0.494 e. The number of fused-ring (bicyclic) bond motifs is 1. The lowest BCUT2D eigenvalue weighted by molar-refractivity contribution is -0.111. The molecule has 0 aliphatic heterocycles. The second-order valence-corrected chi connectivity index (χ2v) is 8.51. The number of carbonyl (C=O) groups excluding carboxylic acids is 1. The molecule has 0 radical (unpaired) electrons. The number of likely N-dealkylation sites (N-methyl/N-ethyl adjacent to an activating group) is 2. The lowest BCUT2D eigenvalue weighted by atomic mass is 10.2. The van der Waals surface area contributed by atoms with Crippen LogP contribution in [0.15, 0.2) is 60.3 Å². The summed E-state index contributed by atoms with van der Waals surface area (Å²) >= 11 is 0. The van der Waals surface area contributed by atoms with E-state index in [2.05, 4.69) is 42.2 Å². The van der Waals surface area contributed by atoms with E-state index in [0.29, 0.717) is 34.0 Å². The van der Waals surface area contributed by atoms with E-state index in [4.69, 9.17) is 4.74 Å². The molecule has 0 unspecified atom stereocenters. The van der Waals surface area contributed by atoms with Crippen LogP contribution in [0, 0.1) is 0 Å². The predicted octanol–water partition coefficient (Wildman–Crippen LogP) is 2.35. The average molecular weight is 504 g/mol. The number of hydrogen-bond donors (Lipinski definition) is 3. The van der Waals surface area contributed by atoms with Crippen LogP contribution in [0.2, 0.25) is 0 Å². The van der Waals surface area contributed by atoms with E-state index in [1.165, 1.54) is 10.6 Å². The Morgan fingerprint density at radius 1 is 1.19 bits per heavy atom. The number of aromatic amines is 1. The monoisotopic (exact) mass is 503 g/mol. The van der Waals surface area contributed by atoms with Gasteiger partial charge in [0.1, 0.15) is 11.3 Å². The zero-order valence-corrected chi connectivity index (χ0v) is 21.1. The van der Waals surface area contributed by atoms with Crippen LogP contribution in [0.4, 0.5) is 23.0 Å². The van der Waals surface area contributed by atoms with Crippen LogP contribution < -0.4 is 25.8 Å². The molecule has 3 aromatic heterocycles. The van der Waals surface area contributed by atoms with Gasteiger partial charge in [0, 0.05) is 44.8 Å². The molecule has 0 bridgehead atoms. The summed E-state index contributed by atoms with van der Waals surface area (Å²) < 4.78 is 7.18. The highest BCUT2D eigenvalue weighted by atomic mass is 16.5. The van der Waals surface area contributed by atoms with Gasteiger partial charge in [-0.05, 0) is 38.4 Å². The maximum Gasteiger partial charge on any atom is 0.276 e. The van der Waals surface area contributed by atoms with E-state index < -0.39 is 0 Å². The molecule has 3 N–H and O–H groups in total. The van der Waals surface area contributed by atoms with E-state index in [9.17, 15) is 9.59 Å². The van der Waals surface area contributed by atoms with Crippen molar-refractivity contribution in [2.75, 3.05) is 56.9 Å². The highest BCUT2D eigenvalue weighted by Crippen LogP contribution is 2.38. The molecule has 0 aliphatic rings. The van der Waals surface area contributed by atoms with Crippen LogP contribution in [0.25, 0.3) is 16.9 Å². The number of carbonyl (C=O) groups is 1. The number of nitrogens with one attached hydrogen (secondary N) is 3. The van der Waals surface area contributed by atoms with Crippen LogP contribution in [0.3, 0.4) is 0 Å². The molecule has 0 fully saturated rings. The summed E-state index contributed by atoms with van der Waals surface area (Å²) in [6.07, 6.45) is 6.07. The summed E-state index contributed by atoms with van der Waals surface area (Å²) in [5.41, 5.74) is 2.72. The molecule has 12 nitrogen and oxygen atoms in total. The Kier molecular flexibility index (Phi) is 7.49. The molecule has 0 spiro atoms. The number of benzene rings is 1. The van der Waals surface area contributed by atoms with Gasteiger partial charge in [0.15, 0.2) is 5.65 Å². The van der Waals surface area contributed by atoms with E-state index in [1.807, 2.05) is 32.1 Å². The zero-order chi connectivity index (χ0) is 26.5. The van der Waals surface area contributed by atoms with Crippen molar-refractivity contribution in [2.24, 2.45) is 0 Å². The SMILES string of the molecule is C=CC(=O)Nc1cc(Nc2nccc(-c3c(=O)[nH]n4cccnc34)n2)c(OC)cc1N(C)CCN(C)C. The number of ether oxygens (including phenoxy) is 1. The molecule has 0 saturated heterocycles. The highest BCUT2D eigenvalue weighted by molar-refractivity contribution is 6.02. The average Bonchev–Trinajstić information content (AvgIpc) is 3.23. The van der Waals surface area contributed by atoms with Gasteiger partial charge < -0.3 is 25.2 Å². The van der Waals surface area contributed by atoms with Crippen molar-refractivity contribution in [1.82, 2.24) is 29.5 Å². The second kappa shape index (κ2) is 10.9. The molecular formula is C25H29N9O3. The van der Waals surface area contributed by atoms with Crippen LogP contribution in [0.1, 0.15) is 0 Å². The third kappa shape index (κ3) is 5.59. The van der Waals surface area contributed by atoms with Crippen LogP contribution in [0.5, 0.6) is 5.75 Å². The standard InChI is InChI=1S/C25H29N9O3/c1-6-21(35)28-17-14-18(20(37-5)15-19(17)33(4)13-12-32(2)3)30-25-27-10-8-16(29-25)22-23-26-9-7-11-34(23)31-24(22)36/h6-11,14-15H,1,12-13H2,2-5H3,(H,28,35)(H,31,36)(H,27,29,30). The molecule has 3 heterocycles. The first-order valence-electron chi connectivity index (χ1n) is 11.5. The number of nitrogens with zero attached hydrogens (tertiary/aromatic N) is 6. The number of H-pyrrole nitrogens is 1. The van der Waals surface area contributed by atoms with Crippen LogP contribution in [-0.4, -0.2) is 76.7 Å². The Bertz CT molecular complexity index is 1490. The van der Waals surface area contributed by atoms with Gasteiger partial charge >= 0.3 is 0 Å². The highest BCUT2D eigenvalue weighted by Gasteiger charge is 2.18. The summed E-state index contributed by atoms with van der Waals surface area (Å²) in [7, 11) is 7.49. The first-order chi connectivity index (χ1) is 17.8. The van der Waals surface area contributed by atoms with Crippen molar-refractivity contribution in [1.29, 1.82) is 0 Å². The first kappa shape index (κ1) is 25.4. The minimum absolute atomic E-state index is 0.236. The van der Waals surface area contributed by atoms with Crippen LogP contribution in [-0.2, 0) is 4.79 Å². The van der Waals surface area contributed by atoms with Gasteiger partial charge in [0.2, 0.25) is 11.9 Å². The Hall–Kier alpha value is -4.71. The van der Waals surface area contributed by atoms with Crippen LogP contribution >= 0.6 is 0 Å². The topological polar surface area (TPSA) is 133 Å². The molecule has 12 heteroatoms. The summed E-state index contributed by atoms with van der Waals surface area (Å²) in [5, 5.41) is 8.73. The zero-order valence-electron chi connectivity index (χ0n) is 21.1. The normalized spacial score (nSPS) is 10.9. The van der Waals surface area contributed by atoms with Gasteiger partial charge in [-0.15, -0.1) is 0 Å². The second-order valence-electron chi connectivity index (χ2n) is 8.51. The molecule has 0 saturated carbocycles. The fraction of sp³-hybridized carbons (Fsp3) is 0.240. The molecular weight excluding hydrogens is 474 g/mol. The van der Waals surface area contributed by atoms with Crippen molar-refractivity contribution in [2.45, 2.75) is 0 Å². The van der Waals surface area contributed by atoms with Gasteiger partial charge in [-0.2, -0.15) is 0 Å². The molecule has 4 rings (SSSR count). The van der Waals surface area contributed by atoms with E-state index in [0.717, 1.165) is 18.8 Å². The quantitative estimate of drug-likeness (QED) is 0.279. The number of methoxy groups -OCH3 is 1.